The normalized spacial score (nSPS) is 22.1. The zero-order valence-corrected chi connectivity index (χ0v) is 12.1. The molecule has 110 valence electrons. The van der Waals surface area contributed by atoms with Gasteiger partial charge in [0.25, 0.3) is 0 Å². The molecule has 0 spiro atoms. The van der Waals surface area contributed by atoms with Crippen molar-refractivity contribution in [2.45, 2.75) is 25.5 Å². The quantitative estimate of drug-likeness (QED) is 0.865. The van der Waals surface area contributed by atoms with Crippen molar-refractivity contribution in [2.75, 3.05) is 44.2 Å². The minimum Gasteiger partial charge on any atom is -0.393 e. The molecule has 1 aromatic rings. The Kier molecular flexibility index (Phi) is 4.55. The standard InChI is InChI=1S/C16H25N3O/c20-16-4-8-19(9-5-16)15-3-1-2-14(12-15)13-18-10-6-17-7-11-18/h1-3,12,16-17,20H,4-11,13H2. The first-order valence-corrected chi connectivity index (χ1v) is 7.76. The highest BCUT2D eigenvalue weighted by Gasteiger charge is 2.17. The molecule has 0 amide bonds. The maximum atomic E-state index is 9.61. The number of anilines is 1. The predicted octanol–water partition coefficient (Wildman–Crippen LogP) is 1.05. The average molecular weight is 275 g/mol. The number of aliphatic hydroxyl groups excluding tert-OH is 1. The van der Waals surface area contributed by atoms with Gasteiger partial charge in [0.05, 0.1) is 6.10 Å². The molecule has 2 aliphatic rings. The maximum absolute atomic E-state index is 9.61. The van der Waals surface area contributed by atoms with Crippen LogP contribution in [0.3, 0.4) is 0 Å². The van der Waals surface area contributed by atoms with Gasteiger partial charge in [-0.25, -0.2) is 0 Å². The van der Waals surface area contributed by atoms with Crippen molar-refractivity contribution >= 4 is 5.69 Å². The second-order valence-electron chi connectivity index (χ2n) is 5.91. The number of benzene rings is 1. The minimum atomic E-state index is -0.102. The molecule has 2 heterocycles. The summed E-state index contributed by atoms with van der Waals surface area (Å²) in [5.74, 6) is 0. The SMILES string of the molecule is OC1CCN(c2cccc(CN3CCNCC3)c2)CC1. The minimum absolute atomic E-state index is 0.102. The molecule has 20 heavy (non-hydrogen) atoms. The van der Waals surface area contributed by atoms with Gasteiger partial charge in [-0.15, -0.1) is 0 Å². The highest BCUT2D eigenvalue weighted by molar-refractivity contribution is 5.49. The molecular weight excluding hydrogens is 250 g/mol. The summed E-state index contributed by atoms with van der Waals surface area (Å²) in [5.41, 5.74) is 2.71. The van der Waals surface area contributed by atoms with Crippen molar-refractivity contribution in [2.24, 2.45) is 0 Å². The van der Waals surface area contributed by atoms with Crippen LogP contribution in [-0.2, 0) is 6.54 Å². The largest absolute Gasteiger partial charge is 0.393 e. The van der Waals surface area contributed by atoms with Gasteiger partial charge in [-0.1, -0.05) is 12.1 Å². The summed E-state index contributed by atoms with van der Waals surface area (Å²) >= 11 is 0. The first-order chi connectivity index (χ1) is 9.81. The van der Waals surface area contributed by atoms with Crippen LogP contribution in [0.4, 0.5) is 5.69 Å². The number of hydrogen-bond acceptors (Lipinski definition) is 4. The lowest BCUT2D eigenvalue weighted by molar-refractivity contribution is 0.145. The van der Waals surface area contributed by atoms with Gasteiger partial charge >= 0.3 is 0 Å². The average Bonchev–Trinajstić information content (AvgIpc) is 2.49. The van der Waals surface area contributed by atoms with Crippen LogP contribution in [0.5, 0.6) is 0 Å². The fraction of sp³-hybridized carbons (Fsp3) is 0.625. The molecule has 2 fully saturated rings. The van der Waals surface area contributed by atoms with E-state index in [0.717, 1.165) is 58.7 Å². The van der Waals surface area contributed by atoms with Crippen LogP contribution in [0.2, 0.25) is 0 Å². The Morgan fingerprint density at radius 3 is 2.60 bits per heavy atom. The number of piperidine rings is 1. The van der Waals surface area contributed by atoms with Gasteiger partial charge in [-0.05, 0) is 30.5 Å². The number of nitrogens with one attached hydrogen (secondary N) is 1. The van der Waals surface area contributed by atoms with Gasteiger partial charge in [0, 0.05) is 51.5 Å². The molecular formula is C16H25N3O. The topological polar surface area (TPSA) is 38.7 Å². The number of aliphatic hydroxyl groups is 1. The molecule has 3 rings (SSSR count). The zero-order chi connectivity index (χ0) is 13.8. The van der Waals surface area contributed by atoms with Crippen LogP contribution < -0.4 is 10.2 Å². The Balaban J connectivity index is 1.63. The van der Waals surface area contributed by atoms with Gasteiger partial charge in [-0.3, -0.25) is 4.90 Å². The fourth-order valence-electron chi connectivity index (χ4n) is 3.10. The van der Waals surface area contributed by atoms with Crippen LogP contribution in [0.1, 0.15) is 18.4 Å². The molecule has 4 nitrogen and oxygen atoms in total. The van der Waals surface area contributed by atoms with Gasteiger partial charge < -0.3 is 15.3 Å². The first kappa shape index (κ1) is 13.9. The molecule has 2 N–H and O–H groups in total. The second-order valence-corrected chi connectivity index (χ2v) is 5.91. The summed E-state index contributed by atoms with van der Waals surface area (Å²) in [5, 5.41) is 13.0. The molecule has 4 heteroatoms. The van der Waals surface area contributed by atoms with E-state index in [9.17, 15) is 5.11 Å². The van der Waals surface area contributed by atoms with Crippen molar-refractivity contribution < 1.29 is 5.11 Å². The highest BCUT2D eigenvalue weighted by atomic mass is 16.3. The smallest absolute Gasteiger partial charge is 0.0574 e. The summed E-state index contributed by atoms with van der Waals surface area (Å²) in [6.45, 7) is 7.47. The van der Waals surface area contributed by atoms with E-state index in [1.165, 1.54) is 11.3 Å². The third kappa shape index (κ3) is 3.51. The third-order valence-corrected chi connectivity index (χ3v) is 4.36. The van der Waals surface area contributed by atoms with E-state index in [1.54, 1.807) is 0 Å². The molecule has 2 saturated heterocycles. The van der Waals surface area contributed by atoms with Crippen LogP contribution in [0.15, 0.2) is 24.3 Å². The summed E-state index contributed by atoms with van der Waals surface area (Å²) < 4.78 is 0. The molecule has 0 bridgehead atoms. The van der Waals surface area contributed by atoms with Crippen LogP contribution in [0, 0.1) is 0 Å². The van der Waals surface area contributed by atoms with Crippen molar-refractivity contribution in [3.05, 3.63) is 29.8 Å². The van der Waals surface area contributed by atoms with Crippen molar-refractivity contribution in [3.63, 3.8) is 0 Å². The lowest BCUT2D eigenvalue weighted by atomic mass is 10.1. The number of piperazine rings is 1. The van der Waals surface area contributed by atoms with Gasteiger partial charge in [0.15, 0.2) is 0 Å². The lowest BCUT2D eigenvalue weighted by Gasteiger charge is -2.32. The lowest BCUT2D eigenvalue weighted by Crippen LogP contribution is -2.42. The summed E-state index contributed by atoms with van der Waals surface area (Å²) in [6.07, 6.45) is 1.68. The van der Waals surface area contributed by atoms with E-state index in [2.05, 4.69) is 39.4 Å². The van der Waals surface area contributed by atoms with Crippen LogP contribution in [0.25, 0.3) is 0 Å². The third-order valence-electron chi connectivity index (χ3n) is 4.36. The number of hydrogen-bond donors (Lipinski definition) is 2. The number of nitrogens with zero attached hydrogens (tertiary/aromatic N) is 2. The highest BCUT2D eigenvalue weighted by Crippen LogP contribution is 2.21. The monoisotopic (exact) mass is 275 g/mol. The van der Waals surface area contributed by atoms with Gasteiger partial charge in [-0.2, -0.15) is 0 Å². The van der Waals surface area contributed by atoms with E-state index in [-0.39, 0.29) is 6.10 Å². The number of rotatable bonds is 3. The molecule has 0 aromatic heterocycles. The molecule has 2 aliphatic heterocycles. The second kappa shape index (κ2) is 6.57. The molecule has 1 aromatic carbocycles. The Hall–Kier alpha value is -1.10. The Morgan fingerprint density at radius 2 is 1.85 bits per heavy atom. The molecule has 0 unspecified atom stereocenters. The predicted molar refractivity (Wildman–Crippen MR) is 82.0 cm³/mol. The molecule has 0 atom stereocenters. The van der Waals surface area contributed by atoms with E-state index >= 15 is 0 Å². The molecule has 0 aliphatic carbocycles. The van der Waals surface area contributed by atoms with Gasteiger partial charge in [0.2, 0.25) is 0 Å². The van der Waals surface area contributed by atoms with Crippen molar-refractivity contribution in [1.29, 1.82) is 0 Å². The zero-order valence-electron chi connectivity index (χ0n) is 12.1. The van der Waals surface area contributed by atoms with Gasteiger partial charge in [0.1, 0.15) is 0 Å². The summed E-state index contributed by atoms with van der Waals surface area (Å²) in [4.78, 5) is 4.91. The molecule has 0 saturated carbocycles. The maximum Gasteiger partial charge on any atom is 0.0574 e. The molecule has 0 radical (unpaired) electrons. The van der Waals surface area contributed by atoms with E-state index in [4.69, 9.17) is 0 Å². The Labute approximate surface area is 121 Å². The van der Waals surface area contributed by atoms with Crippen molar-refractivity contribution in [1.82, 2.24) is 10.2 Å². The summed E-state index contributed by atoms with van der Waals surface area (Å²) in [7, 11) is 0. The first-order valence-electron chi connectivity index (χ1n) is 7.76. The Morgan fingerprint density at radius 1 is 1.10 bits per heavy atom. The van der Waals surface area contributed by atoms with Crippen LogP contribution in [-0.4, -0.2) is 55.4 Å². The fourth-order valence-corrected chi connectivity index (χ4v) is 3.10. The van der Waals surface area contributed by atoms with E-state index in [1.807, 2.05) is 0 Å². The van der Waals surface area contributed by atoms with Crippen molar-refractivity contribution in [3.8, 4) is 0 Å². The van der Waals surface area contributed by atoms with E-state index < -0.39 is 0 Å². The summed E-state index contributed by atoms with van der Waals surface area (Å²) in [6, 6.07) is 8.90. The Bertz CT molecular complexity index is 423. The van der Waals surface area contributed by atoms with E-state index in [0.29, 0.717) is 0 Å². The van der Waals surface area contributed by atoms with Crippen LogP contribution >= 0.6 is 0 Å².